The molecule has 2 heterocycles. The van der Waals surface area contributed by atoms with Crippen LogP contribution in [0.4, 0.5) is 4.79 Å². The number of hydrogen-bond acceptors (Lipinski definition) is 3. The minimum absolute atomic E-state index is 0.177. The molecular weight excluding hydrogens is 354 g/mol. The summed E-state index contributed by atoms with van der Waals surface area (Å²) < 4.78 is 0. The first-order valence-corrected chi connectivity index (χ1v) is 9.45. The summed E-state index contributed by atoms with van der Waals surface area (Å²) in [5, 5.41) is 3.10. The van der Waals surface area contributed by atoms with Gasteiger partial charge in [-0.2, -0.15) is 0 Å². The zero-order chi connectivity index (χ0) is 18.9. The van der Waals surface area contributed by atoms with Crippen molar-refractivity contribution in [3.63, 3.8) is 0 Å². The van der Waals surface area contributed by atoms with Gasteiger partial charge in [-0.1, -0.05) is 36.7 Å². The van der Waals surface area contributed by atoms with Crippen molar-refractivity contribution < 1.29 is 14.4 Å². The van der Waals surface area contributed by atoms with Gasteiger partial charge in [0.05, 0.1) is 0 Å². The Balaban J connectivity index is 1.79. The Morgan fingerprint density at radius 1 is 1.31 bits per heavy atom. The van der Waals surface area contributed by atoms with Crippen LogP contribution in [0, 0.1) is 0 Å². The number of halogens is 1. The number of amides is 4. The maximum absolute atomic E-state index is 13.0. The summed E-state index contributed by atoms with van der Waals surface area (Å²) in [5.74, 6) is -0.627. The molecule has 7 heteroatoms. The summed E-state index contributed by atoms with van der Waals surface area (Å²) in [4.78, 5) is 41.0. The molecule has 2 aliphatic heterocycles. The molecule has 2 atom stereocenters. The number of urea groups is 1. The molecule has 0 aliphatic carbocycles. The van der Waals surface area contributed by atoms with Crippen LogP contribution in [-0.2, 0) is 15.1 Å². The second kappa shape index (κ2) is 7.27. The van der Waals surface area contributed by atoms with Crippen LogP contribution in [-0.4, -0.2) is 46.8 Å². The maximum Gasteiger partial charge on any atom is 0.325 e. The number of likely N-dealkylation sites (tertiary alicyclic amines) is 1. The van der Waals surface area contributed by atoms with Crippen LogP contribution in [0.1, 0.15) is 45.1 Å². The standard InChI is InChI=1S/C19H24ClN3O3/c1-3-13-8-6-7-11-22(13)16(24)12-23-17(25)19(2,21-18(23)26)14-9-4-5-10-15(14)20/h4-5,9-10,13H,3,6-8,11-12H2,1-2H3,(H,21,26)/t13-,19-/m0/s1. The van der Waals surface area contributed by atoms with E-state index in [1.807, 2.05) is 4.90 Å². The van der Waals surface area contributed by atoms with E-state index >= 15 is 0 Å². The van der Waals surface area contributed by atoms with Crippen molar-refractivity contribution in [2.24, 2.45) is 0 Å². The van der Waals surface area contributed by atoms with E-state index in [0.717, 1.165) is 30.6 Å². The topological polar surface area (TPSA) is 69.7 Å². The SMILES string of the molecule is CC[C@H]1CCCCN1C(=O)CN1C(=O)N[C@@](C)(c2ccccc2Cl)C1=O. The molecule has 0 saturated carbocycles. The van der Waals surface area contributed by atoms with Crippen molar-refractivity contribution >= 4 is 29.4 Å². The monoisotopic (exact) mass is 377 g/mol. The molecule has 2 aliphatic rings. The molecule has 140 valence electrons. The lowest BCUT2D eigenvalue weighted by molar-refractivity contribution is -0.141. The highest BCUT2D eigenvalue weighted by Gasteiger charge is 2.50. The van der Waals surface area contributed by atoms with Gasteiger partial charge in [0.2, 0.25) is 5.91 Å². The molecule has 2 saturated heterocycles. The van der Waals surface area contributed by atoms with E-state index in [1.54, 1.807) is 31.2 Å². The summed E-state index contributed by atoms with van der Waals surface area (Å²) in [6.07, 6.45) is 3.92. The Kier molecular flexibility index (Phi) is 5.23. The Bertz CT molecular complexity index is 738. The minimum Gasteiger partial charge on any atom is -0.338 e. The zero-order valence-corrected chi connectivity index (χ0v) is 15.9. The number of carbonyl (C=O) groups excluding carboxylic acids is 3. The van der Waals surface area contributed by atoms with Crippen molar-refractivity contribution in [1.29, 1.82) is 0 Å². The number of piperidine rings is 1. The Labute approximate surface area is 158 Å². The summed E-state index contributed by atoms with van der Waals surface area (Å²) in [6, 6.07) is 6.54. The van der Waals surface area contributed by atoms with E-state index < -0.39 is 17.5 Å². The van der Waals surface area contributed by atoms with Gasteiger partial charge in [0.25, 0.3) is 5.91 Å². The van der Waals surface area contributed by atoms with Crippen molar-refractivity contribution in [2.45, 2.75) is 51.1 Å². The van der Waals surface area contributed by atoms with Gasteiger partial charge in [-0.3, -0.25) is 14.5 Å². The molecule has 0 radical (unpaired) electrons. The average Bonchev–Trinajstić information content (AvgIpc) is 2.85. The molecule has 1 N–H and O–H groups in total. The second-order valence-electron chi connectivity index (χ2n) is 7.07. The first-order chi connectivity index (χ1) is 12.4. The van der Waals surface area contributed by atoms with Gasteiger partial charge in [-0.05, 0) is 38.7 Å². The molecule has 1 aromatic rings. The second-order valence-corrected chi connectivity index (χ2v) is 7.48. The molecule has 1 aromatic carbocycles. The van der Waals surface area contributed by atoms with Crippen LogP contribution in [0.2, 0.25) is 5.02 Å². The summed E-state index contributed by atoms with van der Waals surface area (Å²) >= 11 is 6.22. The lowest BCUT2D eigenvalue weighted by atomic mass is 9.92. The van der Waals surface area contributed by atoms with Gasteiger partial charge in [-0.25, -0.2) is 4.79 Å². The number of carbonyl (C=O) groups is 3. The molecular formula is C19H24ClN3O3. The van der Waals surface area contributed by atoms with Gasteiger partial charge >= 0.3 is 6.03 Å². The zero-order valence-electron chi connectivity index (χ0n) is 15.1. The number of nitrogens with one attached hydrogen (secondary N) is 1. The van der Waals surface area contributed by atoms with Gasteiger partial charge in [0.1, 0.15) is 12.1 Å². The number of rotatable bonds is 4. The van der Waals surface area contributed by atoms with Crippen LogP contribution in [0.3, 0.4) is 0 Å². The highest BCUT2D eigenvalue weighted by Crippen LogP contribution is 2.33. The van der Waals surface area contributed by atoms with Gasteiger partial charge < -0.3 is 10.2 Å². The predicted octanol–water partition coefficient (Wildman–Crippen LogP) is 2.90. The summed E-state index contributed by atoms with van der Waals surface area (Å²) in [6.45, 7) is 4.12. The normalized spacial score (nSPS) is 26.2. The number of imide groups is 1. The van der Waals surface area contributed by atoms with Gasteiger partial charge in [-0.15, -0.1) is 0 Å². The molecule has 3 rings (SSSR count). The molecule has 0 spiro atoms. The lowest BCUT2D eigenvalue weighted by Gasteiger charge is -2.36. The van der Waals surface area contributed by atoms with E-state index in [1.165, 1.54) is 0 Å². The third kappa shape index (κ3) is 3.18. The van der Waals surface area contributed by atoms with Crippen molar-refractivity contribution in [3.8, 4) is 0 Å². The summed E-state index contributed by atoms with van der Waals surface area (Å²) in [5.41, 5.74) is -0.735. The molecule has 0 unspecified atom stereocenters. The Morgan fingerprint density at radius 3 is 2.73 bits per heavy atom. The lowest BCUT2D eigenvalue weighted by Crippen LogP contribution is -2.49. The van der Waals surface area contributed by atoms with Gasteiger partial charge in [0.15, 0.2) is 0 Å². The van der Waals surface area contributed by atoms with Crippen LogP contribution < -0.4 is 5.32 Å². The molecule has 0 bridgehead atoms. The maximum atomic E-state index is 13.0. The first-order valence-electron chi connectivity index (χ1n) is 9.07. The minimum atomic E-state index is -1.26. The fraction of sp³-hybridized carbons (Fsp3) is 0.526. The van der Waals surface area contributed by atoms with Crippen LogP contribution in [0.5, 0.6) is 0 Å². The highest BCUT2D eigenvalue weighted by molar-refractivity contribution is 6.32. The molecule has 4 amide bonds. The fourth-order valence-corrected chi connectivity index (χ4v) is 4.19. The van der Waals surface area contributed by atoms with Gasteiger partial charge in [0, 0.05) is 23.2 Å². The van der Waals surface area contributed by atoms with Crippen LogP contribution in [0.25, 0.3) is 0 Å². The quantitative estimate of drug-likeness (QED) is 0.820. The average molecular weight is 378 g/mol. The Hall–Kier alpha value is -2.08. The van der Waals surface area contributed by atoms with Crippen LogP contribution in [0.15, 0.2) is 24.3 Å². The predicted molar refractivity (Wildman–Crippen MR) is 98.7 cm³/mol. The summed E-state index contributed by atoms with van der Waals surface area (Å²) in [7, 11) is 0. The van der Waals surface area contributed by atoms with Crippen LogP contribution >= 0.6 is 11.6 Å². The van der Waals surface area contributed by atoms with E-state index in [2.05, 4.69) is 12.2 Å². The smallest absolute Gasteiger partial charge is 0.325 e. The van der Waals surface area contributed by atoms with E-state index in [-0.39, 0.29) is 18.5 Å². The van der Waals surface area contributed by atoms with Crippen molar-refractivity contribution in [3.05, 3.63) is 34.9 Å². The number of benzene rings is 1. The molecule has 0 aromatic heterocycles. The first kappa shape index (κ1) is 18.7. The fourth-order valence-electron chi connectivity index (χ4n) is 3.87. The largest absolute Gasteiger partial charge is 0.338 e. The number of nitrogens with zero attached hydrogens (tertiary/aromatic N) is 2. The Morgan fingerprint density at radius 2 is 2.04 bits per heavy atom. The molecule has 6 nitrogen and oxygen atoms in total. The molecule has 2 fully saturated rings. The van der Waals surface area contributed by atoms with Crippen molar-refractivity contribution in [2.75, 3.05) is 13.1 Å². The highest BCUT2D eigenvalue weighted by atomic mass is 35.5. The number of hydrogen-bond donors (Lipinski definition) is 1. The van der Waals surface area contributed by atoms with E-state index in [9.17, 15) is 14.4 Å². The third-order valence-electron chi connectivity index (χ3n) is 5.40. The van der Waals surface area contributed by atoms with E-state index in [0.29, 0.717) is 17.1 Å². The van der Waals surface area contributed by atoms with Crippen molar-refractivity contribution in [1.82, 2.24) is 15.1 Å². The third-order valence-corrected chi connectivity index (χ3v) is 5.73. The molecule has 26 heavy (non-hydrogen) atoms. The van der Waals surface area contributed by atoms with E-state index in [4.69, 9.17) is 11.6 Å².